The van der Waals surface area contributed by atoms with Crippen LogP contribution in [0.2, 0.25) is 0 Å². The van der Waals surface area contributed by atoms with Gasteiger partial charge in [0, 0.05) is 13.0 Å². The van der Waals surface area contributed by atoms with E-state index in [9.17, 15) is 13.2 Å². The number of ether oxygens (including phenoxy) is 1. The zero-order valence-electron chi connectivity index (χ0n) is 12.7. The Hall–Kier alpha value is -1.07. The summed E-state index contributed by atoms with van der Waals surface area (Å²) in [7, 11) is 0. The fraction of sp³-hybridized carbons (Fsp3) is 0.625. The van der Waals surface area contributed by atoms with Crippen molar-refractivity contribution in [2.45, 2.75) is 45.3 Å². The van der Waals surface area contributed by atoms with Crippen molar-refractivity contribution in [2.24, 2.45) is 0 Å². The summed E-state index contributed by atoms with van der Waals surface area (Å²) < 4.78 is 41.6. The van der Waals surface area contributed by atoms with E-state index in [2.05, 4.69) is 18.3 Å². The van der Waals surface area contributed by atoms with Gasteiger partial charge in [-0.25, -0.2) is 0 Å². The fourth-order valence-electron chi connectivity index (χ4n) is 2.05. The van der Waals surface area contributed by atoms with Crippen molar-refractivity contribution in [3.8, 4) is 0 Å². The number of benzene rings is 1. The van der Waals surface area contributed by atoms with Gasteiger partial charge in [0.25, 0.3) is 0 Å². The summed E-state index contributed by atoms with van der Waals surface area (Å²) in [5, 5.41) is 3.37. The third-order valence-corrected chi connectivity index (χ3v) is 3.12. The molecule has 0 aliphatic heterocycles. The molecular weight excluding hydrogens is 279 g/mol. The summed E-state index contributed by atoms with van der Waals surface area (Å²) in [6, 6.07) is 8.11. The summed E-state index contributed by atoms with van der Waals surface area (Å²) in [4.78, 5) is 0. The maximum Gasteiger partial charge on any atom is 0.389 e. The summed E-state index contributed by atoms with van der Waals surface area (Å²) >= 11 is 0. The van der Waals surface area contributed by atoms with Crippen LogP contribution in [0.3, 0.4) is 0 Å². The van der Waals surface area contributed by atoms with E-state index in [1.165, 1.54) is 0 Å². The van der Waals surface area contributed by atoms with E-state index < -0.39 is 12.6 Å². The van der Waals surface area contributed by atoms with Crippen LogP contribution in [-0.2, 0) is 4.74 Å². The van der Waals surface area contributed by atoms with Crippen molar-refractivity contribution in [2.75, 3.05) is 19.8 Å². The Morgan fingerprint density at radius 1 is 1.29 bits per heavy atom. The highest BCUT2D eigenvalue weighted by atomic mass is 19.4. The Bertz CT molecular complexity index is 407. The van der Waals surface area contributed by atoms with E-state index in [0.717, 1.165) is 24.1 Å². The molecule has 0 aliphatic carbocycles. The highest BCUT2D eigenvalue weighted by Gasteiger charge is 2.26. The molecule has 1 N–H and O–H groups in total. The highest BCUT2D eigenvalue weighted by molar-refractivity contribution is 5.25. The molecule has 1 aromatic rings. The zero-order valence-corrected chi connectivity index (χ0v) is 12.7. The third kappa shape index (κ3) is 8.07. The van der Waals surface area contributed by atoms with Crippen molar-refractivity contribution in [1.29, 1.82) is 0 Å². The molecule has 0 spiro atoms. The van der Waals surface area contributed by atoms with Gasteiger partial charge in [0.15, 0.2) is 0 Å². The minimum atomic E-state index is -4.10. The average molecular weight is 303 g/mol. The summed E-state index contributed by atoms with van der Waals surface area (Å²) in [5.74, 6) is 0. The molecule has 0 amide bonds. The normalized spacial score (nSPS) is 13.4. The number of alkyl halides is 3. The molecule has 0 aliphatic rings. The molecule has 1 aromatic carbocycles. The molecule has 0 aromatic heterocycles. The van der Waals surface area contributed by atoms with Gasteiger partial charge in [0.1, 0.15) is 0 Å². The third-order valence-electron chi connectivity index (χ3n) is 3.12. The predicted molar refractivity (Wildman–Crippen MR) is 78.3 cm³/mol. The first-order valence-electron chi connectivity index (χ1n) is 7.37. The molecule has 0 bridgehead atoms. The lowest BCUT2D eigenvalue weighted by Gasteiger charge is -2.19. The van der Waals surface area contributed by atoms with E-state index in [0.29, 0.717) is 6.61 Å². The second-order valence-electron chi connectivity index (χ2n) is 5.21. The van der Waals surface area contributed by atoms with Gasteiger partial charge in [-0.05, 0) is 31.9 Å². The first-order chi connectivity index (χ1) is 9.92. The second kappa shape index (κ2) is 9.05. The first-order valence-corrected chi connectivity index (χ1v) is 7.37. The van der Waals surface area contributed by atoms with E-state index in [-0.39, 0.29) is 19.1 Å². The van der Waals surface area contributed by atoms with Crippen LogP contribution >= 0.6 is 0 Å². The lowest BCUT2D eigenvalue weighted by molar-refractivity contribution is -0.138. The van der Waals surface area contributed by atoms with Crippen molar-refractivity contribution >= 4 is 0 Å². The van der Waals surface area contributed by atoms with Gasteiger partial charge < -0.3 is 10.1 Å². The van der Waals surface area contributed by atoms with E-state index in [1.54, 1.807) is 0 Å². The Labute approximate surface area is 124 Å². The van der Waals surface area contributed by atoms with Gasteiger partial charge in [0.05, 0.1) is 12.6 Å². The van der Waals surface area contributed by atoms with Crippen LogP contribution in [0.15, 0.2) is 24.3 Å². The second-order valence-corrected chi connectivity index (χ2v) is 5.21. The number of nitrogens with one attached hydrogen (secondary N) is 1. The minimum Gasteiger partial charge on any atom is -0.379 e. The van der Waals surface area contributed by atoms with Gasteiger partial charge >= 0.3 is 6.18 Å². The molecule has 0 fully saturated rings. The number of rotatable bonds is 9. The SMILES string of the molecule is CCCNC(COCCCC(F)(F)F)c1cccc(C)c1. The van der Waals surface area contributed by atoms with Crippen LogP contribution in [0.4, 0.5) is 13.2 Å². The van der Waals surface area contributed by atoms with E-state index >= 15 is 0 Å². The minimum absolute atomic E-state index is 0.0117. The molecule has 21 heavy (non-hydrogen) atoms. The van der Waals surface area contributed by atoms with Crippen molar-refractivity contribution < 1.29 is 17.9 Å². The largest absolute Gasteiger partial charge is 0.389 e. The molecule has 5 heteroatoms. The Morgan fingerprint density at radius 2 is 2.05 bits per heavy atom. The number of hydrogen-bond donors (Lipinski definition) is 1. The standard InChI is InChI=1S/C16H24F3NO/c1-3-9-20-15(14-7-4-6-13(2)11-14)12-21-10-5-8-16(17,18)19/h4,6-7,11,15,20H,3,5,8-10,12H2,1-2H3. The molecule has 2 nitrogen and oxygen atoms in total. The van der Waals surface area contributed by atoms with Crippen LogP contribution in [-0.4, -0.2) is 25.9 Å². The molecule has 0 heterocycles. The molecule has 0 saturated carbocycles. The van der Waals surface area contributed by atoms with Crippen molar-refractivity contribution in [3.63, 3.8) is 0 Å². The molecule has 1 unspecified atom stereocenters. The summed E-state index contributed by atoms with van der Waals surface area (Å²) in [6.45, 7) is 5.47. The average Bonchev–Trinajstić information content (AvgIpc) is 2.40. The number of hydrogen-bond acceptors (Lipinski definition) is 2. The van der Waals surface area contributed by atoms with Crippen molar-refractivity contribution in [3.05, 3.63) is 35.4 Å². The summed E-state index contributed by atoms with van der Waals surface area (Å²) in [6.07, 6.45) is -3.88. The van der Waals surface area contributed by atoms with E-state index in [4.69, 9.17) is 4.74 Å². The first kappa shape index (κ1) is 18.0. The van der Waals surface area contributed by atoms with Crippen LogP contribution in [0, 0.1) is 6.92 Å². The Balaban J connectivity index is 2.43. The predicted octanol–water partition coefficient (Wildman–Crippen LogP) is 4.39. The molecule has 1 rings (SSSR count). The topological polar surface area (TPSA) is 21.3 Å². The molecule has 1 atom stereocenters. The maximum absolute atomic E-state index is 12.0. The molecular formula is C16H24F3NO. The lowest BCUT2D eigenvalue weighted by atomic mass is 10.0. The quantitative estimate of drug-likeness (QED) is 0.683. The Kier molecular flexibility index (Phi) is 7.75. The van der Waals surface area contributed by atoms with Crippen molar-refractivity contribution in [1.82, 2.24) is 5.32 Å². The van der Waals surface area contributed by atoms with Gasteiger partial charge in [0.2, 0.25) is 0 Å². The lowest BCUT2D eigenvalue weighted by Crippen LogP contribution is -2.26. The highest BCUT2D eigenvalue weighted by Crippen LogP contribution is 2.21. The smallest absolute Gasteiger partial charge is 0.379 e. The number of halogens is 3. The van der Waals surface area contributed by atoms with Crippen LogP contribution in [0.5, 0.6) is 0 Å². The monoisotopic (exact) mass is 303 g/mol. The van der Waals surface area contributed by atoms with Gasteiger partial charge in [-0.15, -0.1) is 0 Å². The van der Waals surface area contributed by atoms with Crippen LogP contribution in [0.1, 0.15) is 43.4 Å². The molecule has 0 radical (unpaired) electrons. The van der Waals surface area contributed by atoms with E-state index in [1.807, 2.05) is 25.1 Å². The van der Waals surface area contributed by atoms with Crippen LogP contribution < -0.4 is 5.32 Å². The Morgan fingerprint density at radius 3 is 2.67 bits per heavy atom. The molecule has 120 valence electrons. The number of aryl methyl sites for hydroxylation is 1. The van der Waals surface area contributed by atoms with Crippen LogP contribution in [0.25, 0.3) is 0 Å². The maximum atomic E-state index is 12.0. The summed E-state index contributed by atoms with van der Waals surface area (Å²) in [5.41, 5.74) is 2.27. The molecule has 0 saturated heterocycles. The van der Waals surface area contributed by atoms with Gasteiger partial charge in [-0.2, -0.15) is 13.2 Å². The van der Waals surface area contributed by atoms with Gasteiger partial charge in [-0.3, -0.25) is 0 Å². The van der Waals surface area contributed by atoms with Gasteiger partial charge in [-0.1, -0.05) is 36.8 Å². The zero-order chi connectivity index (χ0) is 15.7. The fourth-order valence-corrected chi connectivity index (χ4v) is 2.05.